The molecule has 10 heteroatoms. The van der Waals surface area contributed by atoms with Crippen molar-refractivity contribution in [3.05, 3.63) is 30.1 Å². The van der Waals surface area contributed by atoms with Crippen molar-refractivity contribution in [2.75, 3.05) is 57.3 Å². The van der Waals surface area contributed by atoms with E-state index in [1.165, 1.54) is 12.1 Å². The van der Waals surface area contributed by atoms with Crippen molar-refractivity contribution in [2.24, 2.45) is 5.41 Å². The maximum absolute atomic E-state index is 13.2. The van der Waals surface area contributed by atoms with E-state index in [2.05, 4.69) is 22.0 Å². The number of likely N-dealkylation sites (tertiary alicyclic amines) is 1. The number of cyclic esters (lactones) is 1. The van der Waals surface area contributed by atoms with Crippen LogP contribution in [0.4, 0.5) is 14.9 Å². The summed E-state index contributed by atoms with van der Waals surface area (Å²) >= 11 is 0. The van der Waals surface area contributed by atoms with Gasteiger partial charge in [0, 0.05) is 57.4 Å². The molecule has 1 N–H and O–H groups in total. The van der Waals surface area contributed by atoms with Gasteiger partial charge in [0.1, 0.15) is 18.5 Å². The van der Waals surface area contributed by atoms with E-state index in [1.54, 1.807) is 11.8 Å². The van der Waals surface area contributed by atoms with Crippen LogP contribution in [0.2, 0.25) is 0 Å². The van der Waals surface area contributed by atoms with Gasteiger partial charge in [-0.05, 0) is 57.4 Å². The number of anilines is 1. The van der Waals surface area contributed by atoms with Gasteiger partial charge in [-0.1, -0.05) is 0 Å². The molecule has 36 heavy (non-hydrogen) atoms. The molecular formula is C26H37FN4O5. The minimum Gasteiger partial charge on any atom is -0.462 e. The second kappa shape index (κ2) is 11.5. The van der Waals surface area contributed by atoms with Crippen molar-refractivity contribution in [2.45, 2.75) is 51.7 Å². The minimum absolute atomic E-state index is 0.104. The molecule has 0 aliphatic carbocycles. The van der Waals surface area contributed by atoms with E-state index in [9.17, 15) is 18.8 Å². The summed E-state index contributed by atoms with van der Waals surface area (Å²) in [6, 6.07) is 6.98. The number of halogens is 1. The van der Waals surface area contributed by atoms with Gasteiger partial charge >= 0.3 is 12.1 Å². The second-order valence-electron chi connectivity index (χ2n) is 10.1. The first kappa shape index (κ1) is 26.2. The smallest absolute Gasteiger partial charge is 0.407 e. The van der Waals surface area contributed by atoms with E-state index in [1.807, 2.05) is 12.1 Å². The number of hydrogen-bond donors (Lipinski definition) is 1. The Morgan fingerprint density at radius 2 is 1.89 bits per heavy atom. The first-order valence-corrected chi connectivity index (χ1v) is 12.9. The molecule has 0 radical (unpaired) electrons. The molecule has 1 aromatic rings. The Bertz CT molecular complexity index is 935. The van der Waals surface area contributed by atoms with Crippen LogP contribution in [0.1, 0.15) is 39.5 Å². The fourth-order valence-electron chi connectivity index (χ4n) is 5.56. The molecule has 3 heterocycles. The van der Waals surface area contributed by atoms with E-state index in [0.29, 0.717) is 38.4 Å². The van der Waals surface area contributed by atoms with Gasteiger partial charge < -0.3 is 24.6 Å². The van der Waals surface area contributed by atoms with E-state index in [-0.39, 0.29) is 36.9 Å². The summed E-state index contributed by atoms with van der Waals surface area (Å²) in [6.45, 7) is 8.51. The van der Waals surface area contributed by atoms with Crippen molar-refractivity contribution in [1.82, 2.24) is 15.1 Å². The molecule has 0 saturated carbocycles. The van der Waals surface area contributed by atoms with Crippen molar-refractivity contribution < 1.29 is 28.2 Å². The Balaban J connectivity index is 1.20. The van der Waals surface area contributed by atoms with E-state index in [4.69, 9.17) is 9.47 Å². The third-order valence-electron chi connectivity index (χ3n) is 7.75. The zero-order valence-electron chi connectivity index (χ0n) is 21.2. The van der Waals surface area contributed by atoms with Crippen molar-refractivity contribution in [1.29, 1.82) is 0 Å². The van der Waals surface area contributed by atoms with Crippen LogP contribution in [-0.2, 0) is 19.1 Å². The van der Waals surface area contributed by atoms with Crippen LogP contribution in [0, 0.1) is 11.2 Å². The molecule has 3 saturated heterocycles. The lowest BCUT2D eigenvalue weighted by molar-refractivity contribution is -0.152. The van der Waals surface area contributed by atoms with E-state index >= 15 is 0 Å². The Labute approximate surface area is 211 Å². The van der Waals surface area contributed by atoms with Gasteiger partial charge in [0.05, 0.1) is 12.0 Å². The van der Waals surface area contributed by atoms with Gasteiger partial charge in [-0.3, -0.25) is 14.5 Å². The maximum Gasteiger partial charge on any atom is 0.407 e. The highest BCUT2D eigenvalue weighted by atomic mass is 19.1. The summed E-state index contributed by atoms with van der Waals surface area (Å²) in [5.74, 6) is -0.536. The van der Waals surface area contributed by atoms with Crippen LogP contribution in [-0.4, -0.2) is 92.3 Å². The molecule has 1 spiro atoms. The lowest BCUT2D eigenvalue weighted by Crippen LogP contribution is -2.52. The molecule has 4 rings (SSSR count). The fraction of sp³-hybridized carbons (Fsp3) is 0.654. The number of hydrogen-bond acceptors (Lipinski definition) is 7. The molecule has 198 valence electrons. The lowest BCUT2D eigenvalue weighted by atomic mass is 9.75. The maximum atomic E-state index is 13.2. The highest BCUT2D eigenvalue weighted by Crippen LogP contribution is 2.44. The highest BCUT2D eigenvalue weighted by Gasteiger charge is 2.50. The van der Waals surface area contributed by atoms with Gasteiger partial charge in [0.25, 0.3) is 0 Å². The molecule has 3 aliphatic heterocycles. The predicted octanol–water partition coefficient (Wildman–Crippen LogP) is 2.40. The SMILES string of the molecule is CCOC(=O)NCC(=O)N1CCC2(CC1)C[C@H](CCN1CCN(c3ccc(F)cc3)C[C@H]1C)OC2=O. The summed E-state index contributed by atoms with van der Waals surface area (Å²) in [7, 11) is 0. The lowest BCUT2D eigenvalue weighted by Gasteiger charge is -2.41. The molecule has 0 unspecified atom stereocenters. The topological polar surface area (TPSA) is 91.4 Å². The molecule has 2 amide bonds. The molecule has 3 aliphatic rings. The molecule has 1 aromatic carbocycles. The zero-order chi connectivity index (χ0) is 25.7. The summed E-state index contributed by atoms with van der Waals surface area (Å²) in [5, 5.41) is 2.46. The predicted molar refractivity (Wildman–Crippen MR) is 132 cm³/mol. The molecule has 2 atom stereocenters. The minimum atomic E-state index is -0.604. The normalized spacial score (nSPS) is 24.0. The van der Waals surface area contributed by atoms with Crippen LogP contribution in [0.5, 0.6) is 0 Å². The van der Waals surface area contributed by atoms with Crippen molar-refractivity contribution >= 4 is 23.7 Å². The number of alkyl carbamates (subject to hydrolysis) is 1. The van der Waals surface area contributed by atoms with Crippen molar-refractivity contribution in [3.8, 4) is 0 Å². The second-order valence-corrected chi connectivity index (χ2v) is 10.1. The number of ether oxygens (including phenoxy) is 2. The first-order valence-electron chi connectivity index (χ1n) is 12.9. The van der Waals surface area contributed by atoms with Gasteiger partial charge in [0.15, 0.2) is 0 Å². The Kier molecular flexibility index (Phi) is 8.33. The average Bonchev–Trinajstić information content (AvgIpc) is 3.17. The Morgan fingerprint density at radius 3 is 2.56 bits per heavy atom. The number of amides is 2. The third kappa shape index (κ3) is 6.08. The summed E-state index contributed by atoms with van der Waals surface area (Å²) in [6.07, 6.45) is 1.94. The number of rotatable bonds is 7. The van der Waals surface area contributed by atoms with Crippen LogP contribution < -0.4 is 10.2 Å². The van der Waals surface area contributed by atoms with E-state index in [0.717, 1.165) is 38.3 Å². The number of carbonyl (C=O) groups excluding carboxylic acids is 3. The molecule has 0 aromatic heterocycles. The van der Waals surface area contributed by atoms with Crippen LogP contribution in [0.15, 0.2) is 24.3 Å². The van der Waals surface area contributed by atoms with Crippen LogP contribution in [0.25, 0.3) is 0 Å². The quantitative estimate of drug-likeness (QED) is 0.570. The van der Waals surface area contributed by atoms with Gasteiger partial charge in [0.2, 0.25) is 5.91 Å². The number of carbonyl (C=O) groups is 3. The van der Waals surface area contributed by atoms with Crippen molar-refractivity contribution in [3.63, 3.8) is 0 Å². The molecular weight excluding hydrogens is 467 g/mol. The van der Waals surface area contributed by atoms with Gasteiger partial charge in [-0.25, -0.2) is 9.18 Å². The van der Waals surface area contributed by atoms with Gasteiger partial charge in [-0.2, -0.15) is 0 Å². The zero-order valence-corrected chi connectivity index (χ0v) is 21.2. The van der Waals surface area contributed by atoms with Crippen LogP contribution >= 0.6 is 0 Å². The largest absolute Gasteiger partial charge is 0.462 e. The van der Waals surface area contributed by atoms with E-state index < -0.39 is 11.5 Å². The number of nitrogens with one attached hydrogen (secondary N) is 1. The molecule has 0 bridgehead atoms. The number of benzene rings is 1. The fourth-order valence-corrected chi connectivity index (χ4v) is 5.56. The standard InChI is InChI=1S/C26H37FN4O5/c1-3-35-25(34)28-17-23(32)30-12-9-26(10-13-30)16-22(36-24(26)33)8-11-29-14-15-31(18-19(29)2)21-6-4-20(27)5-7-21/h4-7,19,22H,3,8-18H2,1-2H3,(H,28,34)/t19-,22+/m1/s1. The number of piperazine rings is 1. The molecule has 9 nitrogen and oxygen atoms in total. The summed E-state index contributed by atoms with van der Waals surface area (Å²) in [4.78, 5) is 43.0. The Hall–Kier alpha value is -2.88. The summed E-state index contributed by atoms with van der Waals surface area (Å²) in [5.41, 5.74) is 0.527. The summed E-state index contributed by atoms with van der Waals surface area (Å²) < 4.78 is 23.8. The number of nitrogens with zero attached hydrogens (tertiary/aromatic N) is 3. The van der Waals surface area contributed by atoms with Gasteiger partial charge in [-0.15, -0.1) is 0 Å². The third-order valence-corrected chi connectivity index (χ3v) is 7.75. The Morgan fingerprint density at radius 1 is 1.17 bits per heavy atom. The number of piperidine rings is 1. The molecule has 3 fully saturated rings. The first-order chi connectivity index (χ1) is 17.3. The highest BCUT2D eigenvalue weighted by molar-refractivity contribution is 5.83. The number of esters is 1. The monoisotopic (exact) mass is 504 g/mol. The van der Waals surface area contributed by atoms with Crippen LogP contribution in [0.3, 0.4) is 0 Å². The average molecular weight is 505 g/mol.